The summed E-state index contributed by atoms with van der Waals surface area (Å²) >= 11 is 5.78. The van der Waals surface area contributed by atoms with Crippen molar-refractivity contribution in [1.82, 2.24) is 34.5 Å². The van der Waals surface area contributed by atoms with Crippen LogP contribution in [-0.2, 0) is 0 Å². The van der Waals surface area contributed by atoms with Gasteiger partial charge in [-0.15, -0.1) is 0 Å². The van der Waals surface area contributed by atoms with Gasteiger partial charge < -0.3 is 14.9 Å². The Hall–Kier alpha value is -8.71. The lowest BCUT2D eigenvalue weighted by molar-refractivity contribution is 0.0690. The number of aromatic nitrogens is 7. The molecule has 0 saturated heterocycles. The highest BCUT2D eigenvalue weighted by atomic mass is 127. The average molecular weight is 1180 g/mol. The van der Waals surface area contributed by atoms with Crippen molar-refractivity contribution >= 4 is 86.5 Å². The third kappa shape index (κ3) is 12.3. The topological polar surface area (TPSA) is 148 Å². The number of carbonyl (C=O) groups is 1. The number of aromatic carboxylic acids is 1. The number of rotatable bonds is 7. The Labute approximate surface area is 474 Å². The van der Waals surface area contributed by atoms with Gasteiger partial charge in [-0.3, -0.25) is 9.80 Å². The lowest BCUT2D eigenvalue weighted by atomic mass is 10.2. The van der Waals surface area contributed by atoms with Gasteiger partial charge in [0.25, 0.3) is 0 Å². The van der Waals surface area contributed by atoms with Crippen molar-refractivity contribution in [2.45, 2.75) is 47.3 Å². The number of halogens is 1. The van der Waals surface area contributed by atoms with E-state index in [1.807, 2.05) is 120 Å². The van der Waals surface area contributed by atoms with Crippen LogP contribution in [0.25, 0.3) is 11.4 Å². The molecule has 2 N–H and O–H groups in total. The molecule has 0 radical (unpaired) electrons. The van der Waals surface area contributed by atoms with Crippen LogP contribution in [0.15, 0.2) is 238 Å². The molecular formula is C62H50IN9O4S2. The first-order valence-electron chi connectivity index (χ1n) is 24.6. The van der Waals surface area contributed by atoms with Crippen molar-refractivity contribution in [3.8, 4) is 28.6 Å². The minimum Gasteiger partial charge on any atom is -0.508 e. The zero-order chi connectivity index (χ0) is 54.1. The first-order valence-corrected chi connectivity index (χ1v) is 27.3. The molecule has 78 heavy (non-hydrogen) atoms. The number of carboxylic acid groups (broad SMARTS) is 1. The molecule has 7 heterocycles. The maximum absolute atomic E-state index is 10.1. The summed E-state index contributed by atoms with van der Waals surface area (Å²) in [5.74, 6) is 2.52. The largest absolute Gasteiger partial charge is 0.508 e. The van der Waals surface area contributed by atoms with Gasteiger partial charge >= 0.3 is 5.97 Å². The fourth-order valence-corrected chi connectivity index (χ4v) is 11.3. The second-order valence-electron chi connectivity index (χ2n) is 17.7. The number of para-hydroxylation sites is 2. The maximum Gasteiger partial charge on any atom is 0.354 e. The van der Waals surface area contributed by atoms with Crippen LogP contribution < -0.4 is 14.5 Å². The van der Waals surface area contributed by atoms with E-state index in [0.29, 0.717) is 0 Å². The number of nitrogens with zero attached hydrogens (tertiary/aromatic N) is 9. The number of ether oxygens (including phenoxy) is 1. The van der Waals surface area contributed by atoms with Gasteiger partial charge in [-0.25, -0.2) is 29.1 Å². The van der Waals surface area contributed by atoms with Crippen LogP contribution in [0.3, 0.4) is 0 Å². The Morgan fingerprint density at radius 1 is 0.474 bits per heavy atom. The highest BCUT2D eigenvalue weighted by molar-refractivity contribution is 14.1. The highest BCUT2D eigenvalue weighted by Crippen LogP contribution is 2.53. The van der Waals surface area contributed by atoms with Gasteiger partial charge in [-0.2, -0.15) is 10.2 Å². The normalized spacial score (nSPS) is 11.7. The van der Waals surface area contributed by atoms with Gasteiger partial charge in [0, 0.05) is 71.3 Å². The summed E-state index contributed by atoms with van der Waals surface area (Å²) in [4.78, 5) is 31.7. The molecule has 0 aliphatic carbocycles. The average Bonchev–Trinajstić information content (AvgIpc) is 4.09. The molecular weight excluding hydrogens is 1130 g/mol. The third-order valence-corrected chi connectivity index (χ3v) is 14.9. The van der Waals surface area contributed by atoms with Crippen LogP contribution in [0, 0.1) is 31.3 Å². The fraction of sp³-hybridized carbons (Fsp3) is 0.0645. The lowest BCUT2D eigenvalue weighted by Gasteiger charge is -2.32. The monoisotopic (exact) mass is 1180 g/mol. The number of pyridine rings is 3. The molecule has 0 amide bonds. The first-order chi connectivity index (χ1) is 37.9. The SMILES string of the molecule is Cc1cc(C)n(-c2cccc(I)c2)n1.Cc1cc(C)n(-c2cccc(Oc3ccc4c(c3)N(c3ccccn3)c3ccccc3S4)c2)n1.O=C(O)c1ccccn1.Oc1ccc2c(c1)N(c1ccccn1)c1ccccc1S2. The fourth-order valence-electron chi connectivity index (χ4n) is 8.70. The quantitative estimate of drug-likeness (QED) is 0.146. The number of hydrogen-bond donors (Lipinski definition) is 2. The van der Waals surface area contributed by atoms with Gasteiger partial charge in [0.05, 0.1) is 45.5 Å². The number of anilines is 6. The van der Waals surface area contributed by atoms with Crippen molar-refractivity contribution in [2.24, 2.45) is 0 Å². The molecule has 0 fully saturated rings. The number of aryl methyl sites for hydroxylation is 4. The van der Waals surface area contributed by atoms with E-state index >= 15 is 0 Å². The van der Waals surface area contributed by atoms with Gasteiger partial charge in [-0.1, -0.05) is 78.1 Å². The predicted octanol–water partition coefficient (Wildman–Crippen LogP) is 16.2. The number of benzene rings is 6. The molecule has 13 nitrogen and oxygen atoms in total. The molecule has 0 bridgehead atoms. The number of aromatic hydroxyl groups is 1. The van der Waals surface area contributed by atoms with Crippen molar-refractivity contribution in [2.75, 3.05) is 9.80 Å². The minimum absolute atomic E-state index is 0.0810. The number of phenols is 1. The van der Waals surface area contributed by atoms with E-state index in [4.69, 9.17) is 9.84 Å². The van der Waals surface area contributed by atoms with Crippen LogP contribution in [0.1, 0.15) is 33.3 Å². The summed E-state index contributed by atoms with van der Waals surface area (Å²) in [5, 5.41) is 27.2. The Kier molecular flexibility index (Phi) is 16.3. The van der Waals surface area contributed by atoms with E-state index in [-0.39, 0.29) is 11.4 Å². The molecule has 2 aliphatic heterocycles. The summed E-state index contributed by atoms with van der Waals surface area (Å²) in [7, 11) is 0. The van der Waals surface area contributed by atoms with Crippen LogP contribution in [0.4, 0.5) is 34.4 Å². The van der Waals surface area contributed by atoms with Gasteiger partial charge in [0.2, 0.25) is 0 Å². The Balaban J connectivity index is 0.000000132. The summed E-state index contributed by atoms with van der Waals surface area (Å²) in [5.41, 5.74) is 10.7. The Morgan fingerprint density at radius 3 is 1.46 bits per heavy atom. The highest BCUT2D eigenvalue weighted by Gasteiger charge is 2.27. The van der Waals surface area contributed by atoms with Gasteiger partial charge in [0.1, 0.15) is 34.6 Å². The van der Waals surface area contributed by atoms with Crippen molar-refractivity contribution in [3.63, 3.8) is 0 Å². The number of phenolic OH excluding ortho intramolecular Hbond substituents is 1. The van der Waals surface area contributed by atoms with Crippen molar-refractivity contribution < 1.29 is 19.7 Å². The molecule has 6 aromatic carbocycles. The van der Waals surface area contributed by atoms with Crippen LogP contribution in [-0.4, -0.2) is 50.7 Å². The number of hydrogen-bond acceptors (Lipinski definition) is 12. The number of carboxylic acids is 1. The summed E-state index contributed by atoms with van der Waals surface area (Å²) in [6.07, 6.45) is 5.05. The second-order valence-corrected chi connectivity index (χ2v) is 21.2. The first kappa shape index (κ1) is 52.7. The molecule has 0 saturated carbocycles. The zero-order valence-corrected chi connectivity index (χ0v) is 46.5. The summed E-state index contributed by atoms with van der Waals surface area (Å²) in [6, 6.07) is 65.4. The minimum atomic E-state index is -0.990. The van der Waals surface area contributed by atoms with E-state index in [2.05, 4.69) is 150 Å². The smallest absolute Gasteiger partial charge is 0.354 e. The van der Waals surface area contributed by atoms with Crippen molar-refractivity contribution in [1.29, 1.82) is 0 Å². The van der Waals surface area contributed by atoms with E-state index in [0.717, 1.165) is 84.1 Å². The molecule has 16 heteroatoms. The molecule has 0 unspecified atom stereocenters. The molecule has 13 rings (SSSR count). The summed E-state index contributed by atoms with van der Waals surface area (Å²) in [6.45, 7) is 8.14. The molecule has 2 aliphatic rings. The molecule has 0 spiro atoms. The molecule has 0 atom stereocenters. The standard InChI is InChI=1S/C28H22N4OS.C17H12N2OS.C11H11IN2.C6H5NO2/c1-19-16-20(2)32(30-19)21-8-7-9-22(17-21)33-23-13-14-27-25(18-23)31(28-12-5-6-15-29-28)24-10-3-4-11-26(24)34-27;20-12-8-9-16-14(11-12)19(17-7-3-4-10-18-17)13-5-1-2-6-15(13)21-16;1-8-6-9(2)14(13-8)11-5-3-4-10(12)7-11;8-6(9)5-3-1-2-4-7-5/h3-18H,1-2H3;1-11,20H;3-7H,1-2H3;1-4H,(H,8,9). The van der Waals surface area contributed by atoms with Crippen LogP contribution in [0.2, 0.25) is 0 Å². The van der Waals surface area contributed by atoms with E-state index in [1.54, 1.807) is 54.0 Å². The van der Waals surface area contributed by atoms with Crippen LogP contribution >= 0.6 is 46.1 Å². The lowest BCUT2D eigenvalue weighted by Crippen LogP contribution is -2.15. The Bertz CT molecular complexity index is 3880. The van der Waals surface area contributed by atoms with E-state index < -0.39 is 5.97 Å². The van der Waals surface area contributed by atoms with E-state index in [1.165, 1.54) is 31.3 Å². The van der Waals surface area contributed by atoms with Gasteiger partial charge in [-0.05, 0) is 178 Å². The van der Waals surface area contributed by atoms with Crippen molar-refractivity contribution in [3.05, 3.63) is 251 Å². The molecule has 386 valence electrons. The second kappa shape index (κ2) is 24.1. The van der Waals surface area contributed by atoms with Gasteiger partial charge in [0.15, 0.2) is 0 Å². The third-order valence-electron chi connectivity index (χ3n) is 12.0. The predicted molar refractivity (Wildman–Crippen MR) is 318 cm³/mol. The van der Waals surface area contributed by atoms with Crippen LogP contribution in [0.5, 0.6) is 17.2 Å². The number of fused-ring (bicyclic) bond motifs is 4. The molecule has 11 aromatic rings. The molecule has 5 aromatic heterocycles. The summed E-state index contributed by atoms with van der Waals surface area (Å²) < 4.78 is 11.5. The Morgan fingerprint density at radius 2 is 0.962 bits per heavy atom. The zero-order valence-electron chi connectivity index (χ0n) is 42.7. The maximum atomic E-state index is 10.1. The van der Waals surface area contributed by atoms with E-state index in [9.17, 15) is 9.90 Å².